The average molecular weight is 364 g/mol. The first-order valence-electron chi connectivity index (χ1n) is 8.36. The van der Waals surface area contributed by atoms with Crippen molar-refractivity contribution in [3.8, 4) is 0 Å². The molecule has 3 aromatic rings. The van der Waals surface area contributed by atoms with E-state index in [1.54, 1.807) is 35.6 Å². The molecule has 1 amide bonds. The highest BCUT2D eigenvalue weighted by Crippen LogP contribution is 2.25. The van der Waals surface area contributed by atoms with E-state index < -0.39 is 0 Å². The molecule has 1 aromatic heterocycles. The molecule has 0 saturated heterocycles. The number of hydrogen-bond acceptors (Lipinski definition) is 4. The lowest BCUT2D eigenvalue weighted by Crippen LogP contribution is -2.31. The van der Waals surface area contributed by atoms with Gasteiger partial charge in [-0.3, -0.25) is 14.9 Å². The predicted molar refractivity (Wildman–Crippen MR) is 106 cm³/mol. The van der Waals surface area contributed by atoms with E-state index in [4.69, 9.17) is 0 Å². The van der Waals surface area contributed by atoms with Crippen molar-refractivity contribution in [2.24, 2.45) is 0 Å². The minimum absolute atomic E-state index is 0.0509. The molecule has 132 valence electrons. The second-order valence-electron chi connectivity index (χ2n) is 5.89. The summed E-state index contributed by atoms with van der Waals surface area (Å²) in [5.41, 5.74) is 2.16. The number of ketones is 1. The van der Waals surface area contributed by atoms with Crippen LogP contribution in [0, 0.1) is 0 Å². The van der Waals surface area contributed by atoms with Crippen LogP contribution < -0.4 is 10.6 Å². The zero-order valence-corrected chi connectivity index (χ0v) is 15.3. The van der Waals surface area contributed by atoms with E-state index in [1.807, 2.05) is 41.8 Å². The van der Waals surface area contributed by atoms with Crippen molar-refractivity contribution >= 4 is 28.7 Å². The van der Waals surface area contributed by atoms with E-state index in [1.165, 1.54) is 6.92 Å². The highest BCUT2D eigenvalue weighted by molar-refractivity contribution is 7.10. The molecule has 4 nitrogen and oxygen atoms in total. The van der Waals surface area contributed by atoms with Crippen LogP contribution in [0.3, 0.4) is 0 Å². The number of carbonyl (C=O) groups is 2. The lowest BCUT2D eigenvalue weighted by atomic mass is 10.1. The van der Waals surface area contributed by atoms with E-state index in [0.29, 0.717) is 11.3 Å². The Labute approximate surface area is 156 Å². The quantitative estimate of drug-likeness (QED) is 0.616. The van der Waals surface area contributed by atoms with Crippen LogP contribution in [-0.4, -0.2) is 18.2 Å². The van der Waals surface area contributed by atoms with Crippen LogP contribution in [0.15, 0.2) is 72.1 Å². The van der Waals surface area contributed by atoms with Crippen LogP contribution in [0.1, 0.15) is 33.8 Å². The summed E-state index contributed by atoms with van der Waals surface area (Å²) in [6, 6.07) is 21.1. The molecule has 0 saturated carbocycles. The summed E-state index contributed by atoms with van der Waals surface area (Å²) in [6.45, 7) is 1.63. The largest absolute Gasteiger partial charge is 0.324 e. The Hall–Kier alpha value is -2.76. The Balaban J connectivity index is 1.70. The molecule has 0 aliphatic carbocycles. The van der Waals surface area contributed by atoms with Gasteiger partial charge in [-0.05, 0) is 36.1 Å². The van der Waals surface area contributed by atoms with Gasteiger partial charge in [-0.1, -0.05) is 48.5 Å². The van der Waals surface area contributed by atoms with Crippen LogP contribution in [0.4, 0.5) is 5.69 Å². The number of anilines is 1. The minimum Gasteiger partial charge on any atom is -0.324 e. The predicted octanol–water partition coefficient (Wildman–Crippen LogP) is 4.27. The molecule has 0 fully saturated rings. The van der Waals surface area contributed by atoms with Gasteiger partial charge in [0.05, 0.1) is 18.3 Å². The Morgan fingerprint density at radius 1 is 0.962 bits per heavy atom. The lowest BCUT2D eigenvalue weighted by molar-refractivity contribution is -0.115. The van der Waals surface area contributed by atoms with Gasteiger partial charge in [-0.25, -0.2) is 0 Å². The molecule has 0 unspecified atom stereocenters. The molecule has 0 aliphatic heterocycles. The standard InChI is InChI=1S/C21H20N2O2S/c1-15(24)17-10-5-6-11-18(17)23-20(25)14-22-21(19-12-7-13-26-19)16-8-3-2-4-9-16/h2-13,21-22H,14H2,1H3,(H,23,25)/t21-/m1/s1. The van der Waals surface area contributed by atoms with Crippen molar-refractivity contribution in [2.45, 2.75) is 13.0 Å². The number of Topliss-reactive ketones (excluding diaryl/α,β-unsaturated/α-hetero) is 1. The summed E-state index contributed by atoms with van der Waals surface area (Å²) < 4.78 is 0. The van der Waals surface area contributed by atoms with Gasteiger partial charge >= 0.3 is 0 Å². The summed E-state index contributed by atoms with van der Waals surface area (Å²) in [7, 11) is 0. The highest BCUT2D eigenvalue weighted by Gasteiger charge is 2.16. The van der Waals surface area contributed by atoms with Crippen LogP contribution >= 0.6 is 11.3 Å². The maximum atomic E-state index is 12.4. The number of thiophene rings is 1. The van der Waals surface area contributed by atoms with Crippen LogP contribution in [0.5, 0.6) is 0 Å². The SMILES string of the molecule is CC(=O)c1ccccc1NC(=O)CN[C@H](c1ccccc1)c1cccs1. The summed E-state index contributed by atoms with van der Waals surface area (Å²) in [5.74, 6) is -0.259. The summed E-state index contributed by atoms with van der Waals surface area (Å²) in [4.78, 5) is 25.2. The van der Waals surface area contributed by atoms with Crippen molar-refractivity contribution in [1.82, 2.24) is 5.32 Å². The second kappa shape index (κ2) is 8.56. The summed E-state index contributed by atoms with van der Waals surface area (Å²) in [6.07, 6.45) is 0. The van der Waals surface area contributed by atoms with Gasteiger partial charge in [-0.2, -0.15) is 0 Å². The number of benzene rings is 2. The molecule has 1 atom stereocenters. The molecule has 5 heteroatoms. The maximum Gasteiger partial charge on any atom is 0.238 e. The number of para-hydroxylation sites is 1. The van der Waals surface area contributed by atoms with Gasteiger partial charge in [0.25, 0.3) is 0 Å². The van der Waals surface area contributed by atoms with Crippen LogP contribution in [-0.2, 0) is 4.79 Å². The first-order valence-corrected chi connectivity index (χ1v) is 9.24. The van der Waals surface area contributed by atoms with Crippen molar-refractivity contribution in [3.63, 3.8) is 0 Å². The average Bonchev–Trinajstić information content (AvgIpc) is 3.17. The topological polar surface area (TPSA) is 58.2 Å². The number of rotatable bonds is 7. The van der Waals surface area contributed by atoms with Crippen molar-refractivity contribution in [2.75, 3.05) is 11.9 Å². The maximum absolute atomic E-state index is 12.4. The Morgan fingerprint density at radius 3 is 2.38 bits per heavy atom. The first kappa shape index (κ1) is 18.0. The molecule has 2 aromatic carbocycles. The van der Waals surface area contributed by atoms with E-state index in [0.717, 1.165) is 10.4 Å². The van der Waals surface area contributed by atoms with Gasteiger partial charge in [0, 0.05) is 10.4 Å². The third-order valence-electron chi connectivity index (χ3n) is 4.01. The Bertz CT molecular complexity index is 876. The Kier molecular flexibility index (Phi) is 5.94. The zero-order valence-electron chi connectivity index (χ0n) is 14.4. The molecular weight excluding hydrogens is 344 g/mol. The highest BCUT2D eigenvalue weighted by atomic mass is 32.1. The number of nitrogens with one attached hydrogen (secondary N) is 2. The van der Waals surface area contributed by atoms with Crippen LogP contribution in [0.25, 0.3) is 0 Å². The van der Waals surface area contributed by atoms with E-state index >= 15 is 0 Å². The third-order valence-corrected chi connectivity index (χ3v) is 4.94. The fraction of sp³-hybridized carbons (Fsp3) is 0.143. The zero-order chi connectivity index (χ0) is 18.4. The summed E-state index contributed by atoms with van der Waals surface area (Å²) >= 11 is 1.65. The normalized spacial score (nSPS) is 11.7. The molecule has 0 spiro atoms. The van der Waals surface area contributed by atoms with Gasteiger partial charge in [0.15, 0.2) is 5.78 Å². The van der Waals surface area contributed by atoms with Gasteiger partial charge in [0.1, 0.15) is 0 Å². The number of amides is 1. The molecule has 0 radical (unpaired) electrons. The number of hydrogen-bond donors (Lipinski definition) is 2. The fourth-order valence-electron chi connectivity index (χ4n) is 2.77. The van der Waals surface area contributed by atoms with Crippen molar-refractivity contribution in [1.29, 1.82) is 0 Å². The molecule has 3 rings (SSSR count). The van der Waals surface area contributed by atoms with E-state index in [2.05, 4.69) is 16.7 Å². The van der Waals surface area contributed by atoms with Crippen molar-refractivity contribution < 1.29 is 9.59 Å². The van der Waals surface area contributed by atoms with Gasteiger partial charge in [-0.15, -0.1) is 11.3 Å². The minimum atomic E-state index is -0.184. The molecule has 0 bridgehead atoms. The molecule has 26 heavy (non-hydrogen) atoms. The monoisotopic (exact) mass is 364 g/mol. The lowest BCUT2D eigenvalue weighted by Gasteiger charge is -2.18. The van der Waals surface area contributed by atoms with E-state index in [9.17, 15) is 9.59 Å². The molecule has 1 heterocycles. The fourth-order valence-corrected chi connectivity index (χ4v) is 3.60. The Morgan fingerprint density at radius 2 is 1.69 bits per heavy atom. The summed E-state index contributed by atoms with van der Waals surface area (Å²) in [5, 5.41) is 8.17. The van der Waals surface area contributed by atoms with Crippen LogP contribution in [0.2, 0.25) is 0 Å². The van der Waals surface area contributed by atoms with Gasteiger partial charge in [0.2, 0.25) is 5.91 Å². The smallest absolute Gasteiger partial charge is 0.238 e. The first-order chi connectivity index (χ1) is 12.6. The third kappa shape index (κ3) is 4.45. The molecular formula is C21H20N2O2S. The van der Waals surface area contributed by atoms with Gasteiger partial charge < -0.3 is 5.32 Å². The molecule has 2 N–H and O–H groups in total. The van der Waals surface area contributed by atoms with Crippen molar-refractivity contribution in [3.05, 3.63) is 88.1 Å². The number of carbonyl (C=O) groups excluding carboxylic acids is 2. The molecule has 0 aliphatic rings. The second-order valence-corrected chi connectivity index (χ2v) is 6.87. The van der Waals surface area contributed by atoms with E-state index in [-0.39, 0.29) is 24.3 Å².